The molecule has 6 aliphatic rings. The van der Waals surface area contributed by atoms with E-state index in [2.05, 4.69) is 25.3 Å². The summed E-state index contributed by atoms with van der Waals surface area (Å²) in [6.07, 6.45) is 3.03. The summed E-state index contributed by atoms with van der Waals surface area (Å²) in [5.74, 6) is 1.45. The molecule has 0 aromatic heterocycles. The lowest BCUT2D eigenvalue weighted by Gasteiger charge is -2.65. The van der Waals surface area contributed by atoms with Gasteiger partial charge < -0.3 is 24.4 Å². The molecule has 0 unspecified atom stereocenters. The minimum Gasteiger partial charge on any atom is -0.493 e. The molecule has 2 N–H and O–H groups in total. The van der Waals surface area contributed by atoms with Crippen molar-refractivity contribution < 1.29 is 29.2 Å². The molecule has 7 rings (SSSR count). The number of rotatable bonds is 5. The van der Waals surface area contributed by atoms with E-state index < -0.39 is 18.2 Å². The van der Waals surface area contributed by atoms with Gasteiger partial charge in [0.2, 0.25) is 0 Å². The van der Waals surface area contributed by atoms with Crippen molar-refractivity contribution in [1.29, 1.82) is 0 Å². The van der Waals surface area contributed by atoms with Crippen molar-refractivity contribution in [2.45, 2.75) is 70.3 Å². The molecule has 7 nitrogen and oxygen atoms in total. The number of hydrogen-bond donors (Lipinski definition) is 2. The molecule has 5 aliphatic carbocycles. The first kappa shape index (κ1) is 24.9. The molecule has 1 saturated heterocycles. The van der Waals surface area contributed by atoms with E-state index in [9.17, 15) is 15.0 Å². The highest BCUT2D eigenvalue weighted by atomic mass is 16.5. The van der Waals surface area contributed by atoms with Gasteiger partial charge in [0, 0.05) is 29.3 Å². The second-order valence-electron chi connectivity index (χ2n) is 13.3. The molecule has 206 valence electrons. The summed E-state index contributed by atoms with van der Waals surface area (Å²) < 4.78 is 17.0. The third-order valence-electron chi connectivity index (χ3n) is 12.4. The van der Waals surface area contributed by atoms with E-state index in [1.54, 1.807) is 32.4 Å². The van der Waals surface area contributed by atoms with Crippen LogP contribution in [0, 0.1) is 39.9 Å². The molecule has 1 aromatic rings. The smallest absolute Gasteiger partial charge is 0.338 e. The van der Waals surface area contributed by atoms with Crippen LogP contribution >= 0.6 is 0 Å². The average Bonchev–Trinajstić information content (AvgIpc) is 3.44. The number of methoxy groups -OCH3 is 2. The summed E-state index contributed by atoms with van der Waals surface area (Å²) >= 11 is 0. The Morgan fingerprint density at radius 3 is 2.63 bits per heavy atom. The molecule has 38 heavy (non-hydrogen) atoms. The van der Waals surface area contributed by atoms with Crippen molar-refractivity contribution in [3.63, 3.8) is 0 Å². The first-order valence-corrected chi connectivity index (χ1v) is 14.4. The van der Waals surface area contributed by atoms with Crippen LogP contribution in [-0.4, -0.2) is 72.7 Å². The number of piperidine rings is 1. The number of nitrogens with zero attached hydrogens (tertiary/aromatic N) is 1. The predicted octanol–water partition coefficient (Wildman–Crippen LogP) is 3.67. The molecule has 1 heterocycles. The van der Waals surface area contributed by atoms with Crippen LogP contribution in [0.3, 0.4) is 0 Å². The molecular formula is C31H41NO6. The molecule has 11 atom stereocenters. The molecule has 6 fully saturated rings. The molecule has 0 radical (unpaired) electrons. The number of fused-ring (bicyclic) bond motifs is 1. The molecule has 7 bridgehead atoms. The third-order valence-corrected chi connectivity index (χ3v) is 12.4. The van der Waals surface area contributed by atoms with Crippen molar-refractivity contribution in [2.75, 3.05) is 27.3 Å². The van der Waals surface area contributed by atoms with E-state index in [1.165, 1.54) is 0 Å². The Morgan fingerprint density at radius 1 is 1.16 bits per heavy atom. The van der Waals surface area contributed by atoms with Crippen LogP contribution in [0.1, 0.15) is 56.3 Å². The summed E-state index contributed by atoms with van der Waals surface area (Å²) in [5.41, 5.74) is 0.842. The Hall–Kier alpha value is -2.09. The van der Waals surface area contributed by atoms with Crippen LogP contribution in [0.4, 0.5) is 0 Å². The van der Waals surface area contributed by atoms with Gasteiger partial charge in [-0.3, -0.25) is 4.90 Å². The Kier molecular flexibility index (Phi) is 5.23. The summed E-state index contributed by atoms with van der Waals surface area (Å²) in [4.78, 5) is 16.1. The second-order valence-corrected chi connectivity index (χ2v) is 13.3. The van der Waals surface area contributed by atoms with Gasteiger partial charge in [0.05, 0.1) is 32.0 Å². The summed E-state index contributed by atoms with van der Waals surface area (Å²) in [6.45, 7) is 11.1. The largest absolute Gasteiger partial charge is 0.493 e. The van der Waals surface area contributed by atoms with Crippen molar-refractivity contribution in [3.8, 4) is 11.5 Å². The number of carbonyl (C=O) groups is 1. The van der Waals surface area contributed by atoms with Crippen molar-refractivity contribution in [3.05, 3.63) is 35.9 Å². The molecular weight excluding hydrogens is 482 g/mol. The summed E-state index contributed by atoms with van der Waals surface area (Å²) in [6, 6.07) is 5.34. The lowest BCUT2D eigenvalue weighted by atomic mass is 9.43. The zero-order valence-corrected chi connectivity index (χ0v) is 23.0. The van der Waals surface area contributed by atoms with Gasteiger partial charge in [-0.25, -0.2) is 4.79 Å². The van der Waals surface area contributed by atoms with E-state index in [-0.39, 0.29) is 40.2 Å². The van der Waals surface area contributed by atoms with Crippen LogP contribution in [0.25, 0.3) is 0 Å². The van der Waals surface area contributed by atoms with Gasteiger partial charge in [0.1, 0.15) is 6.10 Å². The highest BCUT2D eigenvalue weighted by Crippen LogP contribution is 2.83. The highest BCUT2D eigenvalue weighted by Gasteiger charge is 2.85. The van der Waals surface area contributed by atoms with Crippen molar-refractivity contribution in [2.24, 2.45) is 39.9 Å². The molecule has 1 aromatic carbocycles. The number of aliphatic hydroxyl groups is 2. The Morgan fingerprint density at radius 2 is 1.92 bits per heavy atom. The van der Waals surface area contributed by atoms with Crippen LogP contribution in [0.5, 0.6) is 11.5 Å². The van der Waals surface area contributed by atoms with Crippen LogP contribution < -0.4 is 9.47 Å². The quantitative estimate of drug-likeness (QED) is 0.450. The fourth-order valence-electron chi connectivity index (χ4n) is 11.2. The fraction of sp³-hybridized carbons (Fsp3) is 0.710. The maximum absolute atomic E-state index is 13.4. The molecule has 2 spiro atoms. The average molecular weight is 524 g/mol. The first-order valence-electron chi connectivity index (χ1n) is 14.4. The van der Waals surface area contributed by atoms with Gasteiger partial charge >= 0.3 is 5.97 Å². The molecule has 5 saturated carbocycles. The second kappa shape index (κ2) is 7.98. The lowest BCUT2D eigenvalue weighted by molar-refractivity contribution is -0.218. The lowest BCUT2D eigenvalue weighted by Crippen LogP contribution is -2.68. The maximum atomic E-state index is 13.4. The predicted molar refractivity (Wildman–Crippen MR) is 141 cm³/mol. The zero-order chi connectivity index (χ0) is 26.8. The molecule has 0 amide bonds. The normalized spacial score (nSPS) is 48.1. The number of benzene rings is 1. The topological polar surface area (TPSA) is 88.5 Å². The number of esters is 1. The summed E-state index contributed by atoms with van der Waals surface area (Å²) in [5, 5.41) is 23.8. The minimum atomic E-state index is -0.618. The SMILES string of the molecule is C=C1[C@H]2C[C@@]3([C@@H]1O)[C@@H](C[C@@H]2OC(=O)c1ccc(OC)c(OC)c1)[C@@]12[C@@H]4[C@@H]3C[C@@H]1[C@@](C)(CC[C@@H]2O)CN4CC. The van der Waals surface area contributed by atoms with Crippen molar-refractivity contribution in [1.82, 2.24) is 4.90 Å². The number of aliphatic hydroxyl groups excluding tert-OH is 2. The Balaban J connectivity index is 1.28. The summed E-state index contributed by atoms with van der Waals surface area (Å²) in [7, 11) is 3.11. The number of ether oxygens (including phenoxy) is 3. The van der Waals surface area contributed by atoms with Crippen LogP contribution in [0.2, 0.25) is 0 Å². The van der Waals surface area contributed by atoms with Gasteiger partial charge in [0.25, 0.3) is 0 Å². The van der Waals surface area contributed by atoms with E-state index in [1.807, 2.05) is 0 Å². The van der Waals surface area contributed by atoms with Crippen LogP contribution in [0.15, 0.2) is 30.4 Å². The Labute approximate surface area is 225 Å². The van der Waals surface area contributed by atoms with Gasteiger partial charge in [-0.2, -0.15) is 0 Å². The number of hydrogen-bond acceptors (Lipinski definition) is 7. The minimum absolute atomic E-state index is 0.0665. The maximum Gasteiger partial charge on any atom is 0.338 e. The first-order chi connectivity index (χ1) is 18.2. The zero-order valence-electron chi connectivity index (χ0n) is 23.0. The Bertz CT molecular complexity index is 1200. The van der Waals surface area contributed by atoms with Gasteiger partial charge in [-0.15, -0.1) is 0 Å². The fourth-order valence-corrected chi connectivity index (χ4v) is 11.2. The number of carbonyl (C=O) groups excluding carboxylic acids is 1. The molecule has 1 aliphatic heterocycles. The van der Waals surface area contributed by atoms with Gasteiger partial charge in [0.15, 0.2) is 11.5 Å². The number of likely N-dealkylation sites (tertiary alicyclic amines) is 1. The standard InChI is InChI=1S/C31H41NO6/c1-6-32-15-29(3)10-9-25(33)31-23(29)12-19(26(31)32)30-14-18(16(2)27(30)34)21(13-24(30)31)38-28(35)17-7-8-20(36-4)22(11-17)37-5/h7-8,11,18-19,21,23-27,33-34H,2,6,9-10,12-15H2,1,3-5H3/t18-,19+,21+,23-,24-,25+,26+,27-,29+,30+,31+/m1/s1. The van der Waals surface area contributed by atoms with E-state index in [0.717, 1.165) is 44.3 Å². The van der Waals surface area contributed by atoms with Gasteiger partial charge in [-0.05, 0) is 85.6 Å². The van der Waals surface area contributed by atoms with Crippen LogP contribution in [-0.2, 0) is 4.74 Å². The van der Waals surface area contributed by atoms with E-state index in [4.69, 9.17) is 14.2 Å². The third kappa shape index (κ3) is 2.69. The van der Waals surface area contributed by atoms with Gasteiger partial charge in [-0.1, -0.05) is 20.4 Å². The van der Waals surface area contributed by atoms with Crippen molar-refractivity contribution >= 4 is 5.97 Å². The molecule has 7 heteroatoms. The van der Waals surface area contributed by atoms with E-state index >= 15 is 0 Å². The highest BCUT2D eigenvalue weighted by molar-refractivity contribution is 5.90. The van der Waals surface area contributed by atoms with E-state index in [0.29, 0.717) is 35.3 Å². The monoisotopic (exact) mass is 523 g/mol.